The highest BCUT2D eigenvalue weighted by Crippen LogP contribution is 2.37. The van der Waals surface area contributed by atoms with Gasteiger partial charge in [-0.15, -0.1) is 0 Å². The van der Waals surface area contributed by atoms with Crippen LogP contribution in [0.1, 0.15) is 44.9 Å². The standard InChI is InChI=1S/C15H20O/c1-12(2)6-4-9-15(3)10-5-7-14-13(15)8-11-16-14/h5-6,8,10-11H,4,7,9H2,1-3H3. The van der Waals surface area contributed by atoms with Crippen molar-refractivity contribution < 1.29 is 4.42 Å². The van der Waals surface area contributed by atoms with Crippen molar-refractivity contribution in [1.82, 2.24) is 0 Å². The van der Waals surface area contributed by atoms with Crippen molar-refractivity contribution in [2.45, 2.75) is 45.4 Å². The summed E-state index contributed by atoms with van der Waals surface area (Å²) in [4.78, 5) is 0. The predicted octanol–water partition coefficient (Wildman–Crippen LogP) is 4.40. The largest absolute Gasteiger partial charge is 0.469 e. The Morgan fingerprint density at radius 2 is 2.31 bits per heavy atom. The van der Waals surface area contributed by atoms with E-state index in [4.69, 9.17) is 4.42 Å². The van der Waals surface area contributed by atoms with Crippen molar-refractivity contribution in [1.29, 1.82) is 0 Å². The summed E-state index contributed by atoms with van der Waals surface area (Å²) in [6, 6.07) is 2.13. The molecule has 2 rings (SSSR count). The fraction of sp³-hybridized carbons (Fsp3) is 0.467. The normalized spacial score (nSPS) is 22.9. The lowest BCUT2D eigenvalue weighted by Gasteiger charge is -2.28. The topological polar surface area (TPSA) is 13.1 Å². The highest BCUT2D eigenvalue weighted by Gasteiger charge is 2.29. The number of furan rings is 1. The minimum atomic E-state index is 0.159. The first-order valence-corrected chi connectivity index (χ1v) is 6.00. The second-order valence-corrected chi connectivity index (χ2v) is 5.10. The van der Waals surface area contributed by atoms with E-state index in [-0.39, 0.29) is 5.41 Å². The monoisotopic (exact) mass is 216 g/mol. The molecule has 86 valence electrons. The van der Waals surface area contributed by atoms with E-state index < -0.39 is 0 Å². The van der Waals surface area contributed by atoms with Crippen LogP contribution in [-0.2, 0) is 11.8 Å². The van der Waals surface area contributed by atoms with E-state index in [1.165, 1.54) is 11.1 Å². The van der Waals surface area contributed by atoms with Gasteiger partial charge in [0.2, 0.25) is 0 Å². The molecule has 16 heavy (non-hydrogen) atoms. The minimum Gasteiger partial charge on any atom is -0.469 e. The minimum absolute atomic E-state index is 0.159. The van der Waals surface area contributed by atoms with E-state index in [0.717, 1.165) is 25.0 Å². The molecule has 0 spiro atoms. The van der Waals surface area contributed by atoms with Crippen molar-refractivity contribution in [3.8, 4) is 0 Å². The van der Waals surface area contributed by atoms with E-state index in [2.05, 4.69) is 45.1 Å². The maximum atomic E-state index is 5.51. The van der Waals surface area contributed by atoms with E-state index in [0.29, 0.717) is 0 Å². The van der Waals surface area contributed by atoms with Gasteiger partial charge in [0, 0.05) is 17.4 Å². The first-order chi connectivity index (χ1) is 7.62. The van der Waals surface area contributed by atoms with Gasteiger partial charge >= 0.3 is 0 Å². The molecule has 0 amide bonds. The number of hydrogen-bond acceptors (Lipinski definition) is 1. The van der Waals surface area contributed by atoms with Crippen LogP contribution in [0.2, 0.25) is 0 Å². The molecule has 1 nitrogen and oxygen atoms in total. The van der Waals surface area contributed by atoms with Gasteiger partial charge in [0.15, 0.2) is 0 Å². The van der Waals surface area contributed by atoms with Gasteiger partial charge in [0.1, 0.15) is 5.76 Å². The maximum Gasteiger partial charge on any atom is 0.111 e. The molecule has 0 aliphatic heterocycles. The molecule has 1 aromatic heterocycles. The molecule has 0 saturated carbocycles. The second-order valence-electron chi connectivity index (χ2n) is 5.10. The summed E-state index contributed by atoms with van der Waals surface area (Å²) in [6.45, 7) is 6.61. The van der Waals surface area contributed by atoms with Crippen LogP contribution in [0.3, 0.4) is 0 Å². The summed E-state index contributed by atoms with van der Waals surface area (Å²) in [6.07, 6.45) is 11.9. The zero-order chi connectivity index (χ0) is 11.6. The van der Waals surface area contributed by atoms with Crippen LogP contribution in [0.4, 0.5) is 0 Å². The van der Waals surface area contributed by atoms with E-state index in [1.807, 2.05) is 6.26 Å². The molecule has 1 aliphatic carbocycles. The van der Waals surface area contributed by atoms with Crippen molar-refractivity contribution in [2.75, 3.05) is 0 Å². The average molecular weight is 216 g/mol. The summed E-state index contributed by atoms with van der Waals surface area (Å²) >= 11 is 0. The molecular weight excluding hydrogens is 196 g/mol. The smallest absolute Gasteiger partial charge is 0.111 e. The van der Waals surface area contributed by atoms with E-state index in [1.54, 1.807) is 0 Å². The Morgan fingerprint density at radius 3 is 3.06 bits per heavy atom. The Bertz CT molecular complexity index is 418. The van der Waals surface area contributed by atoms with E-state index in [9.17, 15) is 0 Å². The van der Waals surface area contributed by atoms with Gasteiger partial charge in [-0.3, -0.25) is 0 Å². The zero-order valence-electron chi connectivity index (χ0n) is 10.4. The molecule has 1 atom stereocenters. The Balaban J connectivity index is 2.15. The fourth-order valence-corrected chi connectivity index (χ4v) is 2.40. The van der Waals surface area contributed by atoms with Crippen LogP contribution in [0.15, 0.2) is 40.5 Å². The van der Waals surface area contributed by atoms with Crippen LogP contribution in [0.25, 0.3) is 0 Å². The lowest BCUT2D eigenvalue weighted by molar-refractivity contribution is 0.474. The zero-order valence-corrected chi connectivity index (χ0v) is 10.4. The average Bonchev–Trinajstić information content (AvgIpc) is 2.66. The van der Waals surface area contributed by atoms with Crippen LogP contribution in [0.5, 0.6) is 0 Å². The van der Waals surface area contributed by atoms with Gasteiger partial charge < -0.3 is 4.42 Å². The quantitative estimate of drug-likeness (QED) is 0.683. The summed E-state index contributed by atoms with van der Waals surface area (Å²) in [5.74, 6) is 1.14. The van der Waals surface area contributed by atoms with Gasteiger partial charge in [-0.1, -0.05) is 30.7 Å². The van der Waals surface area contributed by atoms with E-state index >= 15 is 0 Å². The molecule has 1 heteroatoms. The highest BCUT2D eigenvalue weighted by molar-refractivity contribution is 5.37. The van der Waals surface area contributed by atoms with Gasteiger partial charge in [0.25, 0.3) is 0 Å². The number of rotatable bonds is 3. The third kappa shape index (κ3) is 2.13. The molecule has 1 heterocycles. The predicted molar refractivity (Wildman–Crippen MR) is 67.6 cm³/mol. The van der Waals surface area contributed by atoms with Crippen LogP contribution in [0, 0.1) is 0 Å². The first kappa shape index (κ1) is 11.3. The number of fused-ring (bicyclic) bond motifs is 1. The lowest BCUT2D eigenvalue weighted by atomic mass is 9.75. The summed E-state index contributed by atoms with van der Waals surface area (Å²) in [5, 5.41) is 0. The van der Waals surface area contributed by atoms with Gasteiger partial charge in [-0.25, -0.2) is 0 Å². The fourth-order valence-electron chi connectivity index (χ4n) is 2.40. The Kier molecular flexibility index (Phi) is 3.04. The molecular formula is C15H20O. The third-order valence-electron chi connectivity index (χ3n) is 3.37. The molecule has 1 unspecified atom stereocenters. The number of allylic oxidation sites excluding steroid dienone is 4. The van der Waals surface area contributed by atoms with Crippen LogP contribution >= 0.6 is 0 Å². The molecule has 1 aliphatic rings. The molecule has 0 saturated heterocycles. The van der Waals surface area contributed by atoms with Crippen molar-refractivity contribution >= 4 is 0 Å². The van der Waals surface area contributed by atoms with Gasteiger partial charge in [0.05, 0.1) is 6.26 Å². The van der Waals surface area contributed by atoms with Crippen molar-refractivity contribution in [3.05, 3.63) is 47.5 Å². The molecule has 0 N–H and O–H groups in total. The summed E-state index contributed by atoms with van der Waals surface area (Å²) < 4.78 is 5.51. The second kappa shape index (κ2) is 4.32. The maximum absolute atomic E-state index is 5.51. The highest BCUT2D eigenvalue weighted by atomic mass is 16.3. The SMILES string of the molecule is CC(C)=CCCC1(C)C=CCc2occc21. The first-order valence-electron chi connectivity index (χ1n) is 6.00. The summed E-state index contributed by atoms with van der Waals surface area (Å²) in [7, 11) is 0. The van der Waals surface area contributed by atoms with Gasteiger partial charge in [-0.05, 0) is 32.8 Å². The molecule has 0 aromatic carbocycles. The summed E-state index contributed by atoms with van der Waals surface area (Å²) in [5.41, 5.74) is 2.93. The Labute approximate surface area is 97.9 Å². The Morgan fingerprint density at radius 1 is 1.50 bits per heavy atom. The Hall–Kier alpha value is -1.24. The number of hydrogen-bond donors (Lipinski definition) is 0. The molecule has 1 aromatic rings. The van der Waals surface area contributed by atoms with Crippen molar-refractivity contribution in [3.63, 3.8) is 0 Å². The third-order valence-corrected chi connectivity index (χ3v) is 3.37. The molecule has 0 bridgehead atoms. The van der Waals surface area contributed by atoms with Gasteiger partial charge in [-0.2, -0.15) is 0 Å². The lowest BCUT2D eigenvalue weighted by Crippen LogP contribution is -2.22. The molecule has 0 radical (unpaired) electrons. The van der Waals surface area contributed by atoms with Crippen LogP contribution < -0.4 is 0 Å². The van der Waals surface area contributed by atoms with Crippen molar-refractivity contribution in [2.24, 2.45) is 0 Å². The molecule has 0 fully saturated rings. The van der Waals surface area contributed by atoms with Crippen LogP contribution in [-0.4, -0.2) is 0 Å².